The van der Waals surface area contributed by atoms with E-state index in [4.69, 9.17) is 0 Å². The van der Waals surface area contributed by atoms with Crippen molar-refractivity contribution in [3.8, 4) is 0 Å². The number of aromatic nitrogens is 3. The largest absolute Gasteiger partial charge is 0.338 e. The number of rotatable bonds is 3. The SMILES string of the molecule is Cn1cnc2cc(C(=O)N3CC[C@H](C(=O)Nc4ccccn4)C3)ccc21. The molecule has 2 aromatic heterocycles. The summed E-state index contributed by atoms with van der Waals surface area (Å²) in [6, 6.07) is 10.9. The van der Waals surface area contributed by atoms with Crippen molar-refractivity contribution in [1.29, 1.82) is 0 Å². The van der Waals surface area contributed by atoms with Crippen molar-refractivity contribution in [3.05, 3.63) is 54.5 Å². The molecular weight excluding hydrogens is 330 g/mol. The average Bonchev–Trinajstić information content (AvgIpc) is 3.29. The summed E-state index contributed by atoms with van der Waals surface area (Å²) in [5, 5.41) is 2.81. The summed E-state index contributed by atoms with van der Waals surface area (Å²) in [6.07, 6.45) is 4.01. The first kappa shape index (κ1) is 16.3. The lowest BCUT2D eigenvalue weighted by atomic mass is 10.1. The number of aryl methyl sites for hydroxylation is 1. The van der Waals surface area contributed by atoms with Gasteiger partial charge >= 0.3 is 0 Å². The molecule has 26 heavy (non-hydrogen) atoms. The molecule has 132 valence electrons. The summed E-state index contributed by atoms with van der Waals surface area (Å²) < 4.78 is 1.91. The van der Waals surface area contributed by atoms with Gasteiger partial charge in [-0.25, -0.2) is 9.97 Å². The number of likely N-dealkylation sites (tertiary alicyclic amines) is 1. The molecule has 1 saturated heterocycles. The highest BCUT2D eigenvalue weighted by molar-refractivity contribution is 5.98. The van der Waals surface area contributed by atoms with Crippen LogP contribution in [0.2, 0.25) is 0 Å². The molecule has 1 aliphatic heterocycles. The molecule has 0 bridgehead atoms. The lowest BCUT2D eigenvalue weighted by Gasteiger charge is -2.16. The number of hydrogen-bond donors (Lipinski definition) is 1. The van der Waals surface area contributed by atoms with E-state index in [0.717, 1.165) is 11.0 Å². The zero-order valence-corrected chi connectivity index (χ0v) is 14.4. The highest BCUT2D eigenvalue weighted by Gasteiger charge is 2.31. The van der Waals surface area contributed by atoms with Gasteiger partial charge in [0.1, 0.15) is 5.82 Å². The van der Waals surface area contributed by atoms with E-state index >= 15 is 0 Å². The fourth-order valence-electron chi connectivity index (χ4n) is 3.28. The van der Waals surface area contributed by atoms with Gasteiger partial charge in [0.25, 0.3) is 5.91 Å². The van der Waals surface area contributed by atoms with E-state index in [2.05, 4.69) is 15.3 Å². The summed E-state index contributed by atoms with van der Waals surface area (Å²) >= 11 is 0. The maximum absolute atomic E-state index is 12.8. The Balaban J connectivity index is 1.43. The highest BCUT2D eigenvalue weighted by Crippen LogP contribution is 2.22. The van der Waals surface area contributed by atoms with Crippen LogP contribution in [0.1, 0.15) is 16.8 Å². The van der Waals surface area contributed by atoms with E-state index in [1.54, 1.807) is 35.6 Å². The second-order valence-electron chi connectivity index (χ2n) is 6.50. The normalized spacial score (nSPS) is 16.8. The fraction of sp³-hybridized carbons (Fsp3) is 0.263. The maximum Gasteiger partial charge on any atom is 0.253 e. The molecule has 0 unspecified atom stereocenters. The van der Waals surface area contributed by atoms with Gasteiger partial charge in [0.15, 0.2) is 0 Å². The van der Waals surface area contributed by atoms with Crippen molar-refractivity contribution in [3.63, 3.8) is 0 Å². The summed E-state index contributed by atoms with van der Waals surface area (Å²) in [5.41, 5.74) is 2.37. The molecule has 0 spiro atoms. The molecule has 0 aliphatic carbocycles. The predicted molar refractivity (Wildman–Crippen MR) is 97.6 cm³/mol. The first-order valence-electron chi connectivity index (χ1n) is 8.54. The fourth-order valence-corrected chi connectivity index (χ4v) is 3.28. The Bertz CT molecular complexity index is 966. The Labute approximate surface area is 150 Å². The quantitative estimate of drug-likeness (QED) is 0.785. The number of fused-ring (bicyclic) bond motifs is 1. The highest BCUT2D eigenvalue weighted by atomic mass is 16.2. The van der Waals surface area contributed by atoms with Crippen molar-refractivity contribution in [2.75, 3.05) is 18.4 Å². The smallest absolute Gasteiger partial charge is 0.253 e. The third-order valence-electron chi connectivity index (χ3n) is 4.73. The van der Waals surface area contributed by atoms with E-state index in [0.29, 0.717) is 30.9 Å². The molecule has 4 rings (SSSR count). The van der Waals surface area contributed by atoms with Gasteiger partial charge in [-0.3, -0.25) is 9.59 Å². The molecule has 3 aromatic rings. The van der Waals surface area contributed by atoms with Crippen LogP contribution in [0.25, 0.3) is 11.0 Å². The number of amides is 2. The van der Waals surface area contributed by atoms with Crippen LogP contribution in [0, 0.1) is 5.92 Å². The molecule has 1 aromatic carbocycles. The summed E-state index contributed by atoms with van der Waals surface area (Å²) in [5.74, 6) is 0.146. The first-order valence-corrected chi connectivity index (χ1v) is 8.54. The van der Waals surface area contributed by atoms with Crippen molar-refractivity contribution in [2.45, 2.75) is 6.42 Å². The number of benzene rings is 1. The third kappa shape index (κ3) is 3.03. The number of hydrogen-bond acceptors (Lipinski definition) is 4. The maximum atomic E-state index is 12.8. The minimum absolute atomic E-state index is 0.0642. The van der Waals surface area contributed by atoms with Gasteiger partial charge in [-0.1, -0.05) is 6.07 Å². The van der Waals surface area contributed by atoms with Crippen LogP contribution >= 0.6 is 0 Å². The monoisotopic (exact) mass is 349 g/mol. The Morgan fingerprint density at radius 2 is 2.08 bits per heavy atom. The van der Waals surface area contributed by atoms with Crippen LogP contribution in [0.4, 0.5) is 5.82 Å². The molecule has 7 heteroatoms. The van der Waals surface area contributed by atoms with Crippen molar-refractivity contribution in [2.24, 2.45) is 13.0 Å². The zero-order chi connectivity index (χ0) is 18.1. The van der Waals surface area contributed by atoms with E-state index in [1.165, 1.54) is 0 Å². The number of nitrogens with zero attached hydrogens (tertiary/aromatic N) is 4. The number of carbonyl (C=O) groups excluding carboxylic acids is 2. The van der Waals surface area contributed by atoms with Gasteiger partial charge in [-0.05, 0) is 36.8 Å². The number of nitrogens with one attached hydrogen (secondary N) is 1. The van der Waals surface area contributed by atoms with E-state index < -0.39 is 0 Å². The Morgan fingerprint density at radius 3 is 2.88 bits per heavy atom. The molecule has 2 amide bonds. The molecule has 0 radical (unpaired) electrons. The van der Waals surface area contributed by atoms with Crippen molar-refractivity contribution >= 4 is 28.7 Å². The number of anilines is 1. The molecule has 1 atom stereocenters. The van der Waals surface area contributed by atoms with Crippen LogP contribution in [-0.2, 0) is 11.8 Å². The van der Waals surface area contributed by atoms with Crippen LogP contribution in [0.3, 0.4) is 0 Å². The van der Waals surface area contributed by atoms with Crippen LogP contribution in [0.15, 0.2) is 48.9 Å². The Hall–Kier alpha value is -3.22. The molecule has 1 fully saturated rings. The van der Waals surface area contributed by atoms with Crippen molar-refractivity contribution < 1.29 is 9.59 Å². The van der Waals surface area contributed by atoms with E-state index in [9.17, 15) is 9.59 Å². The first-order chi connectivity index (χ1) is 12.6. The van der Waals surface area contributed by atoms with Gasteiger partial charge in [-0.2, -0.15) is 0 Å². The number of carbonyl (C=O) groups is 2. The Morgan fingerprint density at radius 1 is 1.19 bits per heavy atom. The van der Waals surface area contributed by atoms with Crippen molar-refractivity contribution in [1.82, 2.24) is 19.4 Å². The molecule has 3 heterocycles. The second kappa shape index (κ2) is 6.59. The van der Waals surface area contributed by atoms with Crippen LogP contribution in [0.5, 0.6) is 0 Å². The molecule has 7 nitrogen and oxygen atoms in total. The standard InChI is InChI=1S/C19H19N5O2/c1-23-12-21-15-10-13(5-6-16(15)23)19(26)24-9-7-14(11-24)18(25)22-17-4-2-3-8-20-17/h2-6,8,10,12,14H,7,9,11H2,1H3,(H,20,22,25)/t14-/m0/s1. The van der Waals surface area contributed by atoms with Gasteiger partial charge in [0.2, 0.25) is 5.91 Å². The van der Waals surface area contributed by atoms with Crippen LogP contribution < -0.4 is 5.32 Å². The molecular formula is C19H19N5O2. The predicted octanol–water partition coefficient (Wildman–Crippen LogP) is 2.07. The summed E-state index contributed by atoms with van der Waals surface area (Å²) in [4.78, 5) is 35.3. The van der Waals surface area contributed by atoms with Crippen LogP contribution in [-0.4, -0.2) is 44.3 Å². The lowest BCUT2D eigenvalue weighted by molar-refractivity contribution is -0.119. The van der Waals surface area contributed by atoms with Gasteiger partial charge in [-0.15, -0.1) is 0 Å². The third-order valence-corrected chi connectivity index (χ3v) is 4.73. The van der Waals surface area contributed by atoms with Gasteiger partial charge < -0.3 is 14.8 Å². The molecule has 0 saturated carbocycles. The zero-order valence-electron chi connectivity index (χ0n) is 14.4. The number of pyridine rings is 1. The molecule has 1 N–H and O–H groups in total. The summed E-state index contributed by atoms with van der Waals surface area (Å²) in [7, 11) is 1.92. The van der Waals surface area contributed by atoms with E-state index in [-0.39, 0.29) is 17.7 Å². The van der Waals surface area contributed by atoms with Gasteiger partial charge in [0.05, 0.1) is 23.3 Å². The average molecular weight is 349 g/mol. The number of imidazole rings is 1. The minimum atomic E-state index is -0.223. The van der Waals surface area contributed by atoms with Gasteiger partial charge in [0, 0.05) is 31.9 Å². The summed E-state index contributed by atoms with van der Waals surface area (Å²) in [6.45, 7) is 0.983. The topological polar surface area (TPSA) is 80.1 Å². The lowest BCUT2D eigenvalue weighted by Crippen LogP contribution is -2.31. The Kier molecular flexibility index (Phi) is 4.12. The van der Waals surface area contributed by atoms with E-state index in [1.807, 2.05) is 29.8 Å². The minimum Gasteiger partial charge on any atom is -0.338 e. The molecule has 1 aliphatic rings. The second-order valence-corrected chi connectivity index (χ2v) is 6.50.